The van der Waals surface area contributed by atoms with E-state index in [0.717, 1.165) is 81.5 Å². The van der Waals surface area contributed by atoms with Gasteiger partial charge >= 0.3 is 0 Å². The molecular weight excluding hydrogens is 342 g/mol. The zero-order valence-corrected chi connectivity index (χ0v) is 15.8. The molecule has 8 nitrogen and oxygen atoms in total. The lowest BCUT2D eigenvalue weighted by atomic mass is 9.93. The number of fused-ring (bicyclic) bond motifs is 3. The van der Waals surface area contributed by atoms with Gasteiger partial charge < -0.3 is 14.6 Å². The molecule has 0 aliphatic carbocycles. The Hall–Kier alpha value is -2.03. The number of rotatable bonds is 5. The van der Waals surface area contributed by atoms with Crippen molar-refractivity contribution >= 4 is 16.8 Å². The largest absolute Gasteiger partial charge is 0.379 e. The quantitative estimate of drug-likeness (QED) is 0.732. The summed E-state index contributed by atoms with van der Waals surface area (Å²) in [6, 6.07) is 2.06. The molecule has 2 unspecified atom stereocenters. The highest BCUT2D eigenvalue weighted by Gasteiger charge is 2.36. The maximum Gasteiger partial charge on any atom is 0.179 e. The molecule has 2 saturated heterocycles. The first-order chi connectivity index (χ1) is 13.3. The number of nitrogens with zero attached hydrogens (tertiary/aromatic N) is 6. The second-order valence-electron chi connectivity index (χ2n) is 7.71. The first-order valence-corrected chi connectivity index (χ1v) is 10.0. The zero-order chi connectivity index (χ0) is 18.2. The lowest BCUT2D eigenvalue weighted by Gasteiger charge is -2.28. The van der Waals surface area contributed by atoms with E-state index in [4.69, 9.17) is 4.74 Å². The van der Waals surface area contributed by atoms with E-state index in [1.807, 2.05) is 6.20 Å². The lowest BCUT2D eigenvalue weighted by Crippen LogP contribution is -2.41. The Labute approximate surface area is 158 Å². The van der Waals surface area contributed by atoms with E-state index in [9.17, 15) is 0 Å². The van der Waals surface area contributed by atoms with Crippen LogP contribution in [0.3, 0.4) is 0 Å². The van der Waals surface area contributed by atoms with Crippen molar-refractivity contribution in [2.45, 2.75) is 19.3 Å². The smallest absolute Gasteiger partial charge is 0.179 e. The SMILES string of the molecule is CCC1CN(CCN2CCOCC2)CC1c1nnc2cnc3[nH]ccc3n12. The summed E-state index contributed by atoms with van der Waals surface area (Å²) in [6.07, 6.45) is 4.90. The minimum atomic E-state index is 0.412. The van der Waals surface area contributed by atoms with Crippen molar-refractivity contribution in [3.05, 3.63) is 24.3 Å². The second-order valence-corrected chi connectivity index (χ2v) is 7.71. The van der Waals surface area contributed by atoms with Crippen molar-refractivity contribution in [3.8, 4) is 0 Å². The number of aromatic nitrogens is 5. The highest BCUT2D eigenvalue weighted by molar-refractivity contribution is 5.74. The van der Waals surface area contributed by atoms with Crippen molar-refractivity contribution in [2.24, 2.45) is 5.92 Å². The minimum Gasteiger partial charge on any atom is -0.379 e. The third-order valence-electron chi connectivity index (χ3n) is 6.18. The van der Waals surface area contributed by atoms with Crippen LogP contribution in [-0.2, 0) is 4.74 Å². The van der Waals surface area contributed by atoms with Gasteiger partial charge in [0.15, 0.2) is 11.3 Å². The van der Waals surface area contributed by atoms with E-state index in [-0.39, 0.29) is 0 Å². The Bertz CT molecular complexity index is 913. The summed E-state index contributed by atoms with van der Waals surface area (Å²) >= 11 is 0. The summed E-state index contributed by atoms with van der Waals surface area (Å²) in [5.41, 5.74) is 2.78. The number of ether oxygens (including phenoxy) is 1. The molecule has 0 aromatic carbocycles. The van der Waals surface area contributed by atoms with E-state index in [1.54, 1.807) is 6.20 Å². The Morgan fingerprint density at radius 2 is 2.00 bits per heavy atom. The average Bonchev–Trinajstić information content (AvgIpc) is 3.43. The van der Waals surface area contributed by atoms with Crippen LogP contribution in [0.5, 0.6) is 0 Å². The number of hydrogen-bond acceptors (Lipinski definition) is 6. The lowest BCUT2D eigenvalue weighted by molar-refractivity contribution is 0.0342. The van der Waals surface area contributed by atoms with Crippen LogP contribution in [0.2, 0.25) is 0 Å². The van der Waals surface area contributed by atoms with E-state index in [2.05, 4.69) is 47.4 Å². The molecule has 0 saturated carbocycles. The van der Waals surface area contributed by atoms with Gasteiger partial charge in [0.05, 0.1) is 24.9 Å². The fourth-order valence-corrected chi connectivity index (χ4v) is 4.60. The summed E-state index contributed by atoms with van der Waals surface area (Å²) in [5, 5.41) is 9.00. The molecule has 3 aromatic rings. The highest BCUT2D eigenvalue weighted by atomic mass is 16.5. The van der Waals surface area contributed by atoms with E-state index in [0.29, 0.717) is 11.8 Å². The molecule has 2 aliphatic rings. The Balaban J connectivity index is 1.37. The molecule has 0 amide bonds. The summed E-state index contributed by atoms with van der Waals surface area (Å²) in [5.74, 6) is 2.11. The van der Waals surface area contributed by atoms with Crippen molar-refractivity contribution in [1.29, 1.82) is 0 Å². The summed E-state index contributed by atoms with van der Waals surface area (Å²) in [4.78, 5) is 12.8. The van der Waals surface area contributed by atoms with Crippen LogP contribution < -0.4 is 0 Å². The van der Waals surface area contributed by atoms with Gasteiger partial charge in [-0.25, -0.2) is 4.98 Å². The first kappa shape index (κ1) is 17.1. The minimum absolute atomic E-state index is 0.412. The fourth-order valence-electron chi connectivity index (χ4n) is 4.60. The summed E-state index contributed by atoms with van der Waals surface area (Å²) < 4.78 is 7.65. The standard InChI is InChI=1S/C19H27N7O/c1-2-14-12-25(6-5-24-7-9-27-10-8-24)13-15(14)19-23-22-17-11-21-18-16(26(17)19)3-4-20-18/h3-4,11,14-15,20H,2,5-10,12-13H2,1H3. The molecule has 2 fully saturated rings. The van der Waals surface area contributed by atoms with Gasteiger partial charge in [0.25, 0.3) is 0 Å². The summed E-state index contributed by atoms with van der Waals surface area (Å²) in [6.45, 7) is 10.6. The topological polar surface area (TPSA) is 74.6 Å². The van der Waals surface area contributed by atoms with Crippen molar-refractivity contribution in [1.82, 2.24) is 34.4 Å². The molecule has 8 heteroatoms. The van der Waals surface area contributed by atoms with E-state index >= 15 is 0 Å². The molecule has 0 radical (unpaired) electrons. The normalized spacial score (nSPS) is 25.1. The van der Waals surface area contributed by atoms with Gasteiger partial charge in [-0.05, 0) is 12.0 Å². The Morgan fingerprint density at radius 1 is 1.15 bits per heavy atom. The molecule has 144 valence electrons. The number of likely N-dealkylation sites (tertiary alicyclic amines) is 1. The van der Waals surface area contributed by atoms with Crippen LogP contribution in [0.15, 0.2) is 18.5 Å². The number of morpholine rings is 1. The van der Waals surface area contributed by atoms with Gasteiger partial charge in [-0.3, -0.25) is 9.30 Å². The predicted molar refractivity (Wildman–Crippen MR) is 103 cm³/mol. The third kappa shape index (κ3) is 3.11. The molecule has 5 heterocycles. The Morgan fingerprint density at radius 3 is 2.85 bits per heavy atom. The maximum atomic E-state index is 5.46. The van der Waals surface area contributed by atoms with Crippen LogP contribution in [0.4, 0.5) is 0 Å². The number of nitrogens with one attached hydrogen (secondary N) is 1. The number of H-pyrrole nitrogens is 1. The number of aromatic amines is 1. The summed E-state index contributed by atoms with van der Waals surface area (Å²) in [7, 11) is 0. The molecule has 5 rings (SSSR count). The highest BCUT2D eigenvalue weighted by Crippen LogP contribution is 2.34. The van der Waals surface area contributed by atoms with Crippen LogP contribution in [0.1, 0.15) is 25.1 Å². The second kappa shape index (κ2) is 7.18. The van der Waals surface area contributed by atoms with Gasteiger partial charge in [0.2, 0.25) is 0 Å². The van der Waals surface area contributed by atoms with Gasteiger partial charge in [-0.15, -0.1) is 10.2 Å². The van der Waals surface area contributed by atoms with Crippen LogP contribution in [0, 0.1) is 5.92 Å². The number of hydrogen-bond donors (Lipinski definition) is 1. The van der Waals surface area contributed by atoms with Crippen LogP contribution >= 0.6 is 0 Å². The molecule has 3 aromatic heterocycles. The Kier molecular flexibility index (Phi) is 4.55. The average molecular weight is 369 g/mol. The monoisotopic (exact) mass is 369 g/mol. The molecule has 0 bridgehead atoms. The van der Waals surface area contributed by atoms with Crippen molar-refractivity contribution < 1.29 is 4.74 Å². The predicted octanol–water partition coefficient (Wildman–Crippen LogP) is 1.36. The van der Waals surface area contributed by atoms with Crippen molar-refractivity contribution in [3.63, 3.8) is 0 Å². The van der Waals surface area contributed by atoms with E-state index < -0.39 is 0 Å². The van der Waals surface area contributed by atoms with Crippen LogP contribution in [0.25, 0.3) is 16.8 Å². The zero-order valence-electron chi connectivity index (χ0n) is 15.8. The van der Waals surface area contributed by atoms with Crippen LogP contribution in [-0.4, -0.2) is 86.8 Å². The maximum absolute atomic E-state index is 5.46. The molecular formula is C19H27N7O. The van der Waals surface area contributed by atoms with Gasteiger partial charge in [-0.2, -0.15) is 0 Å². The van der Waals surface area contributed by atoms with Gasteiger partial charge in [0, 0.05) is 51.4 Å². The molecule has 27 heavy (non-hydrogen) atoms. The third-order valence-corrected chi connectivity index (χ3v) is 6.18. The van der Waals surface area contributed by atoms with E-state index in [1.165, 1.54) is 0 Å². The first-order valence-electron chi connectivity index (χ1n) is 10.0. The molecule has 0 spiro atoms. The van der Waals surface area contributed by atoms with Gasteiger partial charge in [0.1, 0.15) is 5.82 Å². The van der Waals surface area contributed by atoms with Gasteiger partial charge in [-0.1, -0.05) is 13.3 Å². The molecule has 1 N–H and O–H groups in total. The molecule has 2 atom stereocenters. The van der Waals surface area contributed by atoms with Crippen molar-refractivity contribution in [2.75, 3.05) is 52.5 Å². The molecule has 2 aliphatic heterocycles. The fraction of sp³-hybridized carbons (Fsp3) is 0.632.